The van der Waals surface area contributed by atoms with Gasteiger partial charge in [-0.2, -0.15) is 0 Å². The Kier molecular flexibility index (Phi) is 7.38. The van der Waals surface area contributed by atoms with Gasteiger partial charge in [-0.3, -0.25) is 14.5 Å². The number of imide groups is 1. The van der Waals surface area contributed by atoms with Gasteiger partial charge in [0.15, 0.2) is 0 Å². The molecule has 1 saturated carbocycles. The minimum atomic E-state index is -0.313. The average Bonchev–Trinajstić information content (AvgIpc) is 2.58. The lowest BCUT2D eigenvalue weighted by Gasteiger charge is -2.45. The maximum atomic E-state index is 13.0. The van der Waals surface area contributed by atoms with Gasteiger partial charge in [-0.15, -0.1) is 0 Å². The highest BCUT2D eigenvalue weighted by Crippen LogP contribution is 2.36. The number of nitrogens with one attached hydrogen (secondary N) is 2. The van der Waals surface area contributed by atoms with Gasteiger partial charge >= 0.3 is 6.03 Å². The van der Waals surface area contributed by atoms with Crippen LogP contribution in [0, 0.1) is 11.8 Å². The first-order valence-corrected chi connectivity index (χ1v) is 9.43. The third kappa shape index (κ3) is 5.01. The normalized spacial score (nSPS) is 26.8. The molecule has 25 heavy (non-hydrogen) atoms. The SMILES string of the molecule is CCCN(C(=O)NCCNC)C(=O)[C@@H]1C[C@@H]2CC(=O)CC[C@H]2N(C)C1. The largest absolute Gasteiger partial charge is 0.336 e. The van der Waals surface area contributed by atoms with Gasteiger partial charge in [0.25, 0.3) is 0 Å². The number of amides is 3. The molecule has 0 radical (unpaired) electrons. The van der Waals surface area contributed by atoms with Crippen molar-refractivity contribution in [1.82, 2.24) is 20.4 Å². The van der Waals surface area contributed by atoms with Crippen molar-refractivity contribution >= 4 is 17.7 Å². The van der Waals surface area contributed by atoms with E-state index in [-0.39, 0.29) is 23.8 Å². The summed E-state index contributed by atoms with van der Waals surface area (Å²) in [7, 11) is 3.85. The summed E-state index contributed by atoms with van der Waals surface area (Å²) >= 11 is 0. The molecular formula is C18H32N4O3. The summed E-state index contributed by atoms with van der Waals surface area (Å²) in [6, 6.07) is 0.0810. The molecule has 142 valence electrons. The van der Waals surface area contributed by atoms with Crippen molar-refractivity contribution in [3.8, 4) is 0 Å². The third-order valence-electron chi connectivity index (χ3n) is 5.37. The zero-order valence-corrected chi connectivity index (χ0v) is 15.7. The number of carbonyl (C=O) groups excluding carboxylic acids is 3. The Morgan fingerprint density at radius 2 is 2.08 bits per heavy atom. The summed E-state index contributed by atoms with van der Waals surface area (Å²) in [5, 5.41) is 5.77. The second kappa shape index (κ2) is 9.29. The molecule has 7 nitrogen and oxygen atoms in total. The monoisotopic (exact) mass is 352 g/mol. The van der Waals surface area contributed by atoms with E-state index < -0.39 is 0 Å². The molecule has 1 aliphatic heterocycles. The van der Waals surface area contributed by atoms with Gasteiger partial charge in [0.2, 0.25) is 5.91 Å². The molecule has 2 fully saturated rings. The van der Waals surface area contributed by atoms with Crippen LogP contribution in [0.25, 0.3) is 0 Å². The molecule has 2 rings (SSSR count). The zero-order chi connectivity index (χ0) is 18.4. The standard InChI is InChI=1S/C18H32N4O3/c1-4-9-22(18(25)20-8-7-19-2)17(24)14-10-13-11-15(23)5-6-16(13)21(3)12-14/h13-14,16,19H,4-12H2,1-3H3,(H,20,25)/t13-,14-,16-/m1/s1. The van der Waals surface area contributed by atoms with Gasteiger partial charge in [-0.05, 0) is 39.3 Å². The van der Waals surface area contributed by atoms with E-state index in [1.165, 1.54) is 4.90 Å². The number of rotatable bonds is 6. The summed E-state index contributed by atoms with van der Waals surface area (Å²) in [5.41, 5.74) is 0. The first-order chi connectivity index (χ1) is 12.0. The first-order valence-electron chi connectivity index (χ1n) is 9.43. The smallest absolute Gasteiger partial charge is 0.324 e. The van der Waals surface area contributed by atoms with Gasteiger partial charge in [-0.1, -0.05) is 6.92 Å². The molecule has 0 aromatic heterocycles. The van der Waals surface area contributed by atoms with Gasteiger partial charge in [0, 0.05) is 45.1 Å². The van der Waals surface area contributed by atoms with E-state index in [0.29, 0.717) is 57.3 Å². The average molecular weight is 352 g/mol. The number of hydrogen-bond donors (Lipinski definition) is 2. The Hall–Kier alpha value is -1.47. The van der Waals surface area contributed by atoms with E-state index >= 15 is 0 Å². The molecule has 0 aromatic rings. The van der Waals surface area contributed by atoms with Crippen LogP contribution in [0.4, 0.5) is 4.79 Å². The van der Waals surface area contributed by atoms with Crippen LogP contribution in [0.5, 0.6) is 0 Å². The highest BCUT2D eigenvalue weighted by atomic mass is 16.2. The van der Waals surface area contributed by atoms with Crippen molar-refractivity contribution in [3.05, 3.63) is 0 Å². The number of fused-ring (bicyclic) bond motifs is 1. The Balaban J connectivity index is 2.02. The Labute approximate surface area is 150 Å². The number of urea groups is 1. The van der Waals surface area contributed by atoms with Gasteiger partial charge in [-0.25, -0.2) is 4.79 Å². The fourth-order valence-corrected chi connectivity index (χ4v) is 4.14. The number of piperidine rings is 1. The molecule has 0 unspecified atom stereocenters. The molecular weight excluding hydrogens is 320 g/mol. The topological polar surface area (TPSA) is 81.8 Å². The Morgan fingerprint density at radius 3 is 2.76 bits per heavy atom. The molecule has 0 spiro atoms. The molecule has 3 atom stereocenters. The molecule has 1 heterocycles. The minimum Gasteiger partial charge on any atom is -0.336 e. The van der Waals surface area contributed by atoms with Crippen LogP contribution >= 0.6 is 0 Å². The van der Waals surface area contributed by atoms with E-state index in [4.69, 9.17) is 0 Å². The molecule has 7 heteroatoms. The minimum absolute atomic E-state index is 0.105. The molecule has 2 N–H and O–H groups in total. The highest BCUT2D eigenvalue weighted by molar-refractivity contribution is 5.95. The molecule has 1 saturated heterocycles. The Bertz CT molecular complexity index is 497. The zero-order valence-electron chi connectivity index (χ0n) is 15.7. The fourth-order valence-electron chi connectivity index (χ4n) is 4.14. The maximum absolute atomic E-state index is 13.0. The van der Waals surface area contributed by atoms with Gasteiger partial charge in [0.05, 0.1) is 5.92 Å². The van der Waals surface area contributed by atoms with Crippen LogP contribution in [-0.2, 0) is 9.59 Å². The van der Waals surface area contributed by atoms with E-state index in [9.17, 15) is 14.4 Å². The summed E-state index contributed by atoms with van der Waals surface area (Å²) in [5.74, 6) is 0.230. The van der Waals surface area contributed by atoms with Crippen molar-refractivity contribution in [1.29, 1.82) is 0 Å². The number of ketones is 1. The number of likely N-dealkylation sites (N-methyl/N-ethyl adjacent to an activating group) is 1. The first kappa shape index (κ1) is 19.8. The lowest BCUT2D eigenvalue weighted by atomic mass is 9.74. The highest BCUT2D eigenvalue weighted by Gasteiger charge is 2.42. The summed E-state index contributed by atoms with van der Waals surface area (Å²) in [6.07, 6.45) is 3.56. The number of likely N-dealkylation sites (tertiary alicyclic amines) is 1. The third-order valence-corrected chi connectivity index (χ3v) is 5.37. The fraction of sp³-hybridized carbons (Fsp3) is 0.833. The number of hydrogen-bond acceptors (Lipinski definition) is 5. The van der Waals surface area contributed by atoms with Gasteiger partial charge < -0.3 is 15.5 Å². The second-order valence-electron chi connectivity index (χ2n) is 7.31. The van der Waals surface area contributed by atoms with E-state index in [0.717, 1.165) is 12.8 Å². The summed E-state index contributed by atoms with van der Waals surface area (Å²) in [4.78, 5) is 40.8. The second-order valence-corrected chi connectivity index (χ2v) is 7.31. The molecule has 2 aliphatic rings. The van der Waals surface area contributed by atoms with E-state index in [2.05, 4.69) is 15.5 Å². The number of carbonyl (C=O) groups is 3. The van der Waals surface area contributed by atoms with Crippen molar-refractivity contribution in [2.75, 3.05) is 40.3 Å². The molecule has 3 amide bonds. The lowest BCUT2D eigenvalue weighted by Crippen LogP contribution is -2.55. The molecule has 0 aromatic carbocycles. The quantitative estimate of drug-likeness (QED) is 0.693. The maximum Gasteiger partial charge on any atom is 0.324 e. The predicted molar refractivity (Wildman–Crippen MR) is 96.2 cm³/mol. The van der Waals surface area contributed by atoms with Crippen molar-refractivity contribution in [3.63, 3.8) is 0 Å². The number of Topliss-reactive ketones (excluding diaryl/α,β-unsaturated/α-hetero) is 1. The number of nitrogens with zero attached hydrogens (tertiary/aromatic N) is 2. The van der Waals surface area contributed by atoms with Crippen LogP contribution in [-0.4, -0.2) is 73.8 Å². The van der Waals surface area contributed by atoms with Crippen molar-refractivity contribution in [2.45, 2.75) is 45.1 Å². The van der Waals surface area contributed by atoms with E-state index in [1.54, 1.807) is 0 Å². The molecule has 1 aliphatic carbocycles. The molecule has 0 bridgehead atoms. The van der Waals surface area contributed by atoms with Crippen LogP contribution < -0.4 is 10.6 Å². The summed E-state index contributed by atoms with van der Waals surface area (Å²) < 4.78 is 0. The van der Waals surface area contributed by atoms with Crippen molar-refractivity contribution in [2.24, 2.45) is 11.8 Å². The summed E-state index contributed by atoms with van der Waals surface area (Å²) in [6.45, 7) is 4.21. The van der Waals surface area contributed by atoms with Crippen LogP contribution in [0.1, 0.15) is 39.0 Å². The van der Waals surface area contributed by atoms with Crippen LogP contribution in [0.3, 0.4) is 0 Å². The van der Waals surface area contributed by atoms with Crippen molar-refractivity contribution < 1.29 is 14.4 Å². The predicted octanol–water partition coefficient (Wildman–Crippen LogP) is 0.844. The van der Waals surface area contributed by atoms with Crippen LogP contribution in [0.15, 0.2) is 0 Å². The van der Waals surface area contributed by atoms with E-state index in [1.807, 2.05) is 21.0 Å². The van der Waals surface area contributed by atoms with Gasteiger partial charge in [0.1, 0.15) is 5.78 Å². The Morgan fingerprint density at radius 1 is 1.32 bits per heavy atom. The lowest BCUT2D eigenvalue weighted by molar-refractivity contribution is -0.138. The van der Waals surface area contributed by atoms with Crippen LogP contribution in [0.2, 0.25) is 0 Å².